The highest BCUT2D eigenvalue weighted by Gasteiger charge is 2.42. The van der Waals surface area contributed by atoms with Crippen LogP contribution in [0.4, 0.5) is 10.2 Å². The molecule has 1 aromatic heterocycles. The summed E-state index contributed by atoms with van der Waals surface area (Å²) in [6, 6.07) is 15.9. The van der Waals surface area contributed by atoms with E-state index in [2.05, 4.69) is 27.4 Å². The zero-order valence-electron chi connectivity index (χ0n) is 22.4. The van der Waals surface area contributed by atoms with Crippen LogP contribution in [-0.4, -0.2) is 77.3 Å². The number of nitrogens with one attached hydrogen (secondary N) is 1. The molecule has 3 aromatic rings. The summed E-state index contributed by atoms with van der Waals surface area (Å²) in [5.41, 5.74) is 8.38. The van der Waals surface area contributed by atoms with Gasteiger partial charge in [-0.05, 0) is 54.5 Å². The molecule has 3 fully saturated rings. The van der Waals surface area contributed by atoms with Crippen LogP contribution in [0, 0.1) is 23.6 Å². The van der Waals surface area contributed by atoms with Crippen LogP contribution in [0.15, 0.2) is 60.8 Å². The molecule has 3 aliphatic rings. The molecule has 0 spiro atoms. The van der Waals surface area contributed by atoms with Crippen molar-refractivity contribution in [3.05, 3.63) is 77.7 Å². The van der Waals surface area contributed by atoms with Crippen molar-refractivity contribution >= 4 is 17.6 Å². The number of likely N-dealkylation sites (tertiary alicyclic amines) is 2. The van der Waals surface area contributed by atoms with E-state index in [9.17, 15) is 14.0 Å². The Morgan fingerprint density at radius 1 is 1.05 bits per heavy atom. The summed E-state index contributed by atoms with van der Waals surface area (Å²) in [6.07, 6.45) is 3.10. The van der Waals surface area contributed by atoms with Crippen molar-refractivity contribution in [2.24, 2.45) is 17.8 Å². The number of aromatic nitrogens is 2. The molecular weight excluding hydrogens is 511 g/mol. The van der Waals surface area contributed by atoms with Gasteiger partial charge in [0.15, 0.2) is 0 Å². The van der Waals surface area contributed by atoms with E-state index in [0.717, 1.165) is 38.0 Å². The number of hydrogen-bond acceptors (Lipinski definition) is 6. The first-order valence-electron chi connectivity index (χ1n) is 14.0. The van der Waals surface area contributed by atoms with Gasteiger partial charge in [-0.1, -0.05) is 30.3 Å². The Balaban J connectivity index is 1.04. The molecule has 210 valence electrons. The van der Waals surface area contributed by atoms with Crippen LogP contribution in [-0.2, 0) is 9.53 Å². The lowest BCUT2D eigenvalue weighted by molar-refractivity contribution is -0.125. The lowest BCUT2D eigenvalue weighted by atomic mass is 10.0. The van der Waals surface area contributed by atoms with Gasteiger partial charge in [0.1, 0.15) is 17.2 Å². The number of amides is 2. The first kappa shape index (κ1) is 26.5. The maximum Gasteiger partial charge on any atom is 0.259 e. The second-order valence-electron chi connectivity index (χ2n) is 11.1. The Kier molecular flexibility index (Phi) is 7.53. The normalized spacial score (nSPS) is 23.3. The fourth-order valence-electron chi connectivity index (χ4n) is 6.27. The Labute approximate surface area is 233 Å². The Morgan fingerprint density at radius 2 is 1.77 bits per heavy atom. The van der Waals surface area contributed by atoms with Gasteiger partial charge in [-0.2, -0.15) is 5.10 Å². The Morgan fingerprint density at radius 3 is 2.45 bits per heavy atom. The lowest BCUT2D eigenvalue weighted by Crippen LogP contribution is -2.37. The van der Waals surface area contributed by atoms with Crippen LogP contribution in [0.3, 0.4) is 0 Å². The lowest BCUT2D eigenvalue weighted by Gasteiger charge is -2.25. The average Bonchev–Trinajstić information content (AvgIpc) is 3.76. The molecule has 4 heterocycles. The molecule has 4 atom stereocenters. The number of nitrogens with two attached hydrogens (primary N) is 1. The zero-order valence-corrected chi connectivity index (χ0v) is 22.4. The van der Waals surface area contributed by atoms with Crippen molar-refractivity contribution in [2.75, 3.05) is 51.7 Å². The molecule has 3 aliphatic heterocycles. The second kappa shape index (κ2) is 11.4. The molecule has 0 bridgehead atoms. The minimum atomic E-state index is -0.344. The average molecular weight is 547 g/mol. The number of carbonyl (C=O) groups is 2. The van der Waals surface area contributed by atoms with Gasteiger partial charge in [0.05, 0.1) is 30.5 Å². The molecule has 2 aromatic carbocycles. The fraction of sp³-hybridized carbons (Fsp3) is 0.433. The summed E-state index contributed by atoms with van der Waals surface area (Å²) in [5, 5.41) is 7.56. The van der Waals surface area contributed by atoms with Crippen molar-refractivity contribution in [1.29, 1.82) is 0 Å². The SMILES string of the molecule is Nc1c(C(=O)N2CC3CN(CCC(NC(=O)C4CCOC4)c4ccccc4)C[C@H]3C2)cnn1-c1ccc(F)cc1. The number of benzene rings is 2. The van der Waals surface area contributed by atoms with Crippen LogP contribution in [0.5, 0.6) is 0 Å². The van der Waals surface area contributed by atoms with Crippen LogP contribution in [0.25, 0.3) is 5.69 Å². The Bertz CT molecular complexity index is 1330. The maximum absolute atomic E-state index is 13.3. The third kappa shape index (κ3) is 5.46. The number of nitrogen functional groups attached to an aromatic ring is 1. The van der Waals surface area contributed by atoms with Gasteiger partial charge in [-0.3, -0.25) is 9.59 Å². The molecule has 10 heteroatoms. The molecule has 6 rings (SSSR count). The van der Waals surface area contributed by atoms with E-state index in [0.29, 0.717) is 49.4 Å². The van der Waals surface area contributed by atoms with Gasteiger partial charge >= 0.3 is 0 Å². The van der Waals surface area contributed by atoms with Gasteiger partial charge in [0, 0.05) is 39.3 Å². The fourth-order valence-corrected chi connectivity index (χ4v) is 6.27. The first-order valence-corrected chi connectivity index (χ1v) is 14.0. The van der Waals surface area contributed by atoms with Gasteiger partial charge in [-0.25, -0.2) is 9.07 Å². The van der Waals surface area contributed by atoms with Crippen LogP contribution >= 0.6 is 0 Å². The van der Waals surface area contributed by atoms with E-state index in [1.165, 1.54) is 23.0 Å². The number of hydrogen-bond donors (Lipinski definition) is 2. The molecule has 2 amide bonds. The Hall–Kier alpha value is -3.76. The smallest absolute Gasteiger partial charge is 0.259 e. The highest BCUT2D eigenvalue weighted by atomic mass is 19.1. The van der Waals surface area contributed by atoms with Crippen LogP contribution < -0.4 is 11.1 Å². The van der Waals surface area contributed by atoms with Gasteiger partial charge in [-0.15, -0.1) is 0 Å². The molecular formula is C30H35FN6O3. The number of anilines is 1. The van der Waals surface area contributed by atoms with Crippen LogP contribution in [0.2, 0.25) is 0 Å². The molecule has 3 unspecified atom stereocenters. The van der Waals surface area contributed by atoms with E-state index < -0.39 is 0 Å². The predicted octanol–water partition coefficient (Wildman–Crippen LogP) is 2.88. The highest BCUT2D eigenvalue weighted by molar-refractivity contribution is 5.98. The largest absolute Gasteiger partial charge is 0.383 e. The van der Waals surface area contributed by atoms with Crippen molar-refractivity contribution in [3.63, 3.8) is 0 Å². The molecule has 3 N–H and O–H groups in total. The third-order valence-electron chi connectivity index (χ3n) is 8.51. The minimum absolute atomic E-state index is 0.0477. The molecule has 9 nitrogen and oxygen atoms in total. The summed E-state index contributed by atoms with van der Waals surface area (Å²) >= 11 is 0. The monoisotopic (exact) mass is 546 g/mol. The van der Waals surface area contributed by atoms with Crippen molar-refractivity contribution in [1.82, 2.24) is 24.9 Å². The molecule has 0 radical (unpaired) electrons. The van der Waals surface area contributed by atoms with Crippen molar-refractivity contribution in [2.45, 2.75) is 18.9 Å². The number of carbonyl (C=O) groups excluding carboxylic acids is 2. The molecule has 0 saturated carbocycles. The molecule has 0 aliphatic carbocycles. The first-order chi connectivity index (χ1) is 19.5. The van der Waals surface area contributed by atoms with Gasteiger partial charge in [0.2, 0.25) is 5.91 Å². The zero-order chi connectivity index (χ0) is 27.6. The summed E-state index contributed by atoms with van der Waals surface area (Å²) in [5.74, 6) is 0.597. The third-order valence-corrected chi connectivity index (χ3v) is 8.51. The number of ether oxygens (including phenoxy) is 1. The molecule has 3 saturated heterocycles. The topological polar surface area (TPSA) is 106 Å². The summed E-state index contributed by atoms with van der Waals surface area (Å²) in [7, 11) is 0. The number of fused-ring (bicyclic) bond motifs is 1. The quantitative estimate of drug-likeness (QED) is 0.450. The summed E-state index contributed by atoms with van der Waals surface area (Å²) in [6.45, 7) is 5.22. The molecule has 40 heavy (non-hydrogen) atoms. The van der Waals surface area contributed by atoms with E-state index in [1.807, 2.05) is 23.1 Å². The summed E-state index contributed by atoms with van der Waals surface area (Å²) < 4.78 is 20.2. The van der Waals surface area contributed by atoms with Gasteiger partial charge in [0.25, 0.3) is 5.91 Å². The number of nitrogens with zero attached hydrogens (tertiary/aromatic N) is 4. The highest BCUT2D eigenvalue weighted by Crippen LogP contribution is 2.33. The predicted molar refractivity (Wildman–Crippen MR) is 148 cm³/mol. The van der Waals surface area contributed by atoms with E-state index in [-0.39, 0.29) is 35.4 Å². The van der Waals surface area contributed by atoms with E-state index in [4.69, 9.17) is 10.5 Å². The second-order valence-corrected chi connectivity index (χ2v) is 11.1. The van der Waals surface area contributed by atoms with E-state index in [1.54, 1.807) is 12.1 Å². The van der Waals surface area contributed by atoms with Gasteiger partial charge < -0.3 is 25.6 Å². The van der Waals surface area contributed by atoms with Crippen LogP contribution in [0.1, 0.15) is 34.8 Å². The van der Waals surface area contributed by atoms with Crippen molar-refractivity contribution < 1.29 is 18.7 Å². The van der Waals surface area contributed by atoms with Crippen molar-refractivity contribution in [3.8, 4) is 5.69 Å². The van der Waals surface area contributed by atoms with E-state index >= 15 is 0 Å². The maximum atomic E-state index is 13.3. The standard InChI is InChI=1S/C30H35FN6O3/c31-24-6-8-25(9-7-24)37-28(32)26(14-33-37)30(39)36-17-22-15-35(16-23(22)18-36)12-10-27(20-4-2-1-3-5-20)34-29(38)21-11-13-40-19-21/h1-9,14,21-23,27H,10-13,15-19,32H2,(H,34,38)/t21?,22-,23?,27?/m0/s1. The number of halogens is 1. The summed E-state index contributed by atoms with van der Waals surface area (Å²) in [4.78, 5) is 30.5. The number of rotatable bonds is 8. The minimum Gasteiger partial charge on any atom is -0.383 e.